The molecular weight excluding hydrogens is 238 g/mol. The van der Waals surface area contributed by atoms with Crippen molar-refractivity contribution in [2.75, 3.05) is 5.32 Å². The van der Waals surface area contributed by atoms with Gasteiger partial charge in [0, 0.05) is 6.04 Å². The predicted molar refractivity (Wildman–Crippen MR) is 69.5 cm³/mol. The SMILES string of the molecule is CCC1CCC(Nc2nc[nH]c(=O)c2Cl)CC1. The van der Waals surface area contributed by atoms with Crippen LogP contribution in [-0.4, -0.2) is 16.0 Å². The minimum atomic E-state index is -0.286. The van der Waals surface area contributed by atoms with Gasteiger partial charge in [0.05, 0.1) is 6.33 Å². The van der Waals surface area contributed by atoms with Crippen LogP contribution in [0.4, 0.5) is 5.82 Å². The van der Waals surface area contributed by atoms with Crippen LogP contribution in [0.3, 0.4) is 0 Å². The molecule has 0 saturated heterocycles. The zero-order valence-electron chi connectivity index (χ0n) is 10.0. The monoisotopic (exact) mass is 255 g/mol. The average molecular weight is 256 g/mol. The molecule has 5 heteroatoms. The van der Waals surface area contributed by atoms with Crippen LogP contribution in [0.25, 0.3) is 0 Å². The summed E-state index contributed by atoms with van der Waals surface area (Å²) < 4.78 is 0. The largest absolute Gasteiger partial charge is 0.366 e. The normalized spacial score (nSPS) is 24.6. The molecule has 1 fully saturated rings. The van der Waals surface area contributed by atoms with E-state index in [-0.39, 0.29) is 10.6 Å². The highest BCUT2D eigenvalue weighted by Crippen LogP contribution is 2.28. The average Bonchev–Trinajstić information content (AvgIpc) is 2.36. The molecule has 1 saturated carbocycles. The number of H-pyrrole nitrogens is 1. The van der Waals surface area contributed by atoms with Crippen LogP contribution < -0.4 is 10.9 Å². The van der Waals surface area contributed by atoms with Crippen molar-refractivity contribution in [2.24, 2.45) is 5.92 Å². The molecule has 17 heavy (non-hydrogen) atoms. The standard InChI is InChI=1S/C12H18ClN3O/c1-2-8-3-5-9(6-4-8)16-11-10(13)12(17)15-7-14-11/h7-9H,2-6H2,1H3,(H2,14,15,16,17). The minimum Gasteiger partial charge on any atom is -0.366 e. The molecule has 4 nitrogen and oxygen atoms in total. The third kappa shape index (κ3) is 3.00. The maximum atomic E-state index is 11.3. The molecule has 0 bridgehead atoms. The van der Waals surface area contributed by atoms with Gasteiger partial charge in [0.15, 0.2) is 5.82 Å². The summed E-state index contributed by atoms with van der Waals surface area (Å²) in [6.45, 7) is 2.24. The number of aromatic amines is 1. The van der Waals surface area contributed by atoms with Crippen molar-refractivity contribution in [3.63, 3.8) is 0 Å². The molecular formula is C12H18ClN3O. The van der Waals surface area contributed by atoms with Gasteiger partial charge in [-0.1, -0.05) is 24.9 Å². The zero-order valence-corrected chi connectivity index (χ0v) is 10.8. The molecule has 1 aliphatic rings. The Balaban J connectivity index is 1.98. The van der Waals surface area contributed by atoms with Crippen LogP contribution in [0.1, 0.15) is 39.0 Å². The fourth-order valence-electron chi connectivity index (χ4n) is 2.39. The molecule has 0 spiro atoms. The second kappa shape index (κ2) is 5.54. The number of aromatic nitrogens is 2. The van der Waals surface area contributed by atoms with Crippen LogP contribution in [0, 0.1) is 5.92 Å². The first kappa shape index (κ1) is 12.4. The first-order valence-corrected chi connectivity index (χ1v) is 6.58. The van der Waals surface area contributed by atoms with E-state index in [1.54, 1.807) is 0 Å². The van der Waals surface area contributed by atoms with Crippen molar-refractivity contribution in [3.8, 4) is 0 Å². The molecule has 0 aliphatic heterocycles. The zero-order chi connectivity index (χ0) is 12.3. The van der Waals surface area contributed by atoms with E-state index in [2.05, 4.69) is 22.2 Å². The van der Waals surface area contributed by atoms with Crippen molar-refractivity contribution < 1.29 is 0 Å². The Labute approximate surface area is 106 Å². The fourth-order valence-corrected chi connectivity index (χ4v) is 2.55. The highest BCUT2D eigenvalue weighted by atomic mass is 35.5. The summed E-state index contributed by atoms with van der Waals surface area (Å²) in [5.74, 6) is 1.37. The summed E-state index contributed by atoms with van der Waals surface area (Å²) in [7, 11) is 0. The van der Waals surface area contributed by atoms with Gasteiger partial charge in [-0.3, -0.25) is 4.79 Å². The van der Waals surface area contributed by atoms with Gasteiger partial charge >= 0.3 is 0 Å². The number of hydrogen-bond donors (Lipinski definition) is 2. The van der Waals surface area contributed by atoms with Gasteiger partial charge in [0.25, 0.3) is 5.56 Å². The van der Waals surface area contributed by atoms with Crippen LogP contribution in [0.2, 0.25) is 5.02 Å². The summed E-state index contributed by atoms with van der Waals surface area (Å²) in [5.41, 5.74) is -0.286. The second-order valence-electron chi connectivity index (χ2n) is 4.66. The summed E-state index contributed by atoms with van der Waals surface area (Å²) in [6.07, 6.45) is 7.39. The summed E-state index contributed by atoms with van der Waals surface area (Å²) in [6, 6.07) is 0.393. The number of halogens is 1. The first-order chi connectivity index (χ1) is 8.20. The van der Waals surface area contributed by atoms with E-state index in [0.717, 1.165) is 18.8 Å². The van der Waals surface area contributed by atoms with Crippen molar-refractivity contribution in [2.45, 2.75) is 45.1 Å². The lowest BCUT2D eigenvalue weighted by Crippen LogP contribution is -2.27. The molecule has 1 aliphatic carbocycles. The van der Waals surface area contributed by atoms with E-state index in [1.165, 1.54) is 25.6 Å². The van der Waals surface area contributed by atoms with E-state index in [1.807, 2.05) is 0 Å². The van der Waals surface area contributed by atoms with Crippen LogP contribution in [-0.2, 0) is 0 Å². The summed E-state index contributed by atoms with van der Waals surface area (Å²) >= 11 is 5.90. The van der Waals surface area contributed by atoms with Crippen molar-refractivity contribution in [1.29, 1.82) is 0 Å². The highest BCUT2D eigenvalue weighted by molar-refractivity contribution is 6.32. The number of anilines is 1. The van der Waals surface area contributed by atoms with Crippen molar-refractivity contribution in [3.05, 3.63) is 21.7 Å². The van der Waals surface area contributed by atoms with Crippen LogP contribution >= 0.6 is 11.6 Å². The Kier molecular flexibility index (Phi) is 4.05. The van der Waals surface area contributed by atoms with Crippen molar-refractivity contribution >= 4 is 17.4 Å². The topological polar surface area (TPSA) is 57.8 Å². The van der Waals surface area contributed by atoms with Gasteiger partial charge in [-0.25, -0.2) is 4.98 Å². The maximum Gasteiger partial charge on any atom is 0.271 e. The lowest BCUT2D eigenvalue weighted by molar-refractivity contribution is 0.330. The number of nitrogens with zero attached hydrogens (tertiary/aromatic N) is 1. The first-order valence-electron chi connectivity index (χ1n) is 6.20. The Morgan fingerprint density at radius 3 is 2.82 bits per heavy atom. The molecule has 2 rings (SSSR count). The second-order valence-corrected chi connectivity index (χ2v) is 5.04. The lowest BCUT2D eigenvalue weighted by Gasteiger charge is -2.28. The maximum absolute atomic E-state index is 11.3. The molecule has 0 atom stereocenters. The molecule has 0 radical (unpaired) electrons. The minimum absolute atomic E-state index is 0.158. The van der Waals surface area contributed by atoms with Gasteiger partial charge in [-0.05, 0) is 31.6 Å². The van der Waals surface area contributed by atoms with E-state index in [0.29, 0.717) is 11.9 Å². The van der Waals surface area contributed by atoms with E-state index < -0.39 is 0 Å². The van der Waals surface area contributed by atoms with E-state index in [9.17, 15) is 4.79 Å². The Morgan fingerprint density at radius 2 is 2.18 bits per heavy atom. The van der Waals surface area contributed by atoms with Crippen molar-refractivity contribution in [1.82, 2.24) is 9.97 Å². The molecule has 1 aromatic rings. The third-order valence-electron chi connectivity index (χ3n) is 3.56. The van der Waals surface area contributed by atoms with Gasteiger partial charge < -0.3 is 10.3 Å². The Bertz CT molecular complexity index is 424. The molecule has 1 aromatic heterocycles. The molecule has 0 unspecified atom stereocenters. The number of nitrogens with one attached hydrogen (secondary N) is 2. The van der Waals surface area contributed by atoms with E-state index >= 15 is 0 Å². The van der Waals surface area contributed by atoms with Gasteiger partial charge in [-0.2, -0.15) is 0 Å². The summed E-state index contributed by atoms with van der Waals surface area (Å²) in [4.78, 5) is 17.8. The van der Waals surface area contributed by atoms with Gasteiger partial charge in [0.2, 0.25) is 0 Å². The number of rotatable bonds is 3. The Hall–Kier alpha value is -1.03. The highest BCUT2D eigenvalue weighted by Gasteiger charge is 2.21. The molecule has 94 valence electrons. The Morgan fingerprint density at radius 1 is 1.47 bits per heavy atom. The fraction of sp³-hybridized carbons (Fsp3) is 0.667. The molecule has 0 aromatic carbocycles. The molecule has 1 heterocycles. The summed E-state index contributed by atoms with van der Waals surface area (Å²) in [5, 5.41) is 3.43. The molecule has 0 amide bonds. The number of hydrogen-bond acceptors (Lipinski definition) is 3. The van der Waals surface area contributed by atoms with Crippen LogP contribution in [0.5, 0.6) is 0 Å². The van der Waals surface area contributed by atoms with Gasteiger partial charge in [-0.15, -0.1) is 0 Å². The smallest absolute Gasteiger partial charge is 0.271 e. The third-order valence-corrected chi connectivity index (χ3v) is 3.91. The van der Waals surface area contributed by atoms with Gasteiger partial charge in [0.1, 0.15) is 5.02 Å². The van der Waals surface area contributed by atoms with Crippen LogP contribution in [0.15, 0.2) is 11.1 Å². The quantitative estimate of drug-likeness (QED) is 0.873. The molecule has 2 N–H and O–H groups in total. The van der Waals surface area contributed by atoms with E-state index in [4.69, 9.17) is 11.6 Å². The predicted octanol–water partition coefficient (Wildman–Crippen LogP) is 2.80. The lowest BCUT2D eigenvalue weighted by atomic mass is 9.84.